The first kappa shape index (κ1) is 20.9. The van der Waals surface area contributed by atoms with Gasteiger partial charge in [-0.05, 0) is 79.7 Å². The zero-order valence-electron chi connectivity index (χ0n) is 18.5. The molecule has 6 heteroatoms. The summed E-state index contributed by atoms with van der Waals surface area (Å²) in [7, 11) is 0. The van der Waals surface area contributed by atoms with E-state index in [4.69, 9.17) is 11.6 Å². The monoisotopic (exact) mass is 463 g/mol. The first-order valence-electron chi connectivity index (χ1n) is 11.9. The van der Waals surface area contributed by atoms with E-state index in [2.05, 4.69) is 16.5 Å². The number of allylic oxidation sites excluding steroid dienone is 2. The number of hydrogen-bond acceptors (Lipinski definition) is 2. The van der Waals surface area contributed by atoms with Crippen LogP contribution in [0.15, 0.2) is 42.6 Å². The van der Waals surface area contributed by atoms with E-state index in [0.717, 1.165) is 48.6 Å². The number of nitrogens with one attached hydrogen (secondary N) is 1. The molecule has 3 aliphatic rings. The number of nitrogens with zero attached hydrogens (tertiary/aromatic N) is 2. The maximum Gasteiger partial charge on any atom is 0.253 e. The lowest BCUT2D eigenvalue weighted by Gasteiger charge is -2.54. The largest absolute Gasteiger partial charge is 0.349 e. The average molecular weight is 464 g/mol. The molecule has 6 rings (SSSR count). The zero-order chi connectivity index (χ0) is 22.6. The number of fused-ring (bicyclic) bond motifs is 1. The predicted octanol–water partition coefficient (Wildman–Crippen LogP) is 6.51. The van der Waals surface area contributed by atoms with Crippen molar-refractivity contribution in [3.05, 3.63) is 70.1 Å². The lowest BCUT2D eigenvalue weighted by Crippen LogP contribution is -2.53. The van der Waals surface area contributed by atoms with Gasteiger partial charge in [0.25, 0.3) is 5.91 Å². The van der Waals surface area contributed by atoms with Crippen molar-refractivity contribution in [3.63, 3.8) is 0 Å². The molecule has 170 valence electrons. The minimum absolute atomic E-state index is 0.0905. The van der Waals surface area contributed by atoms with Crippen molar-refractivity contribution in [3.8, 4) is 0 Å². The van der Waals surface area contributed by atoms with Gasteiger partial charge < -0.3 is 5.32 Å². The molecule has 4 nitrogen and oxygen atoms in total. The first-order valence-corrected chi connectivity index (χ1v) is 12.3. The minimum atomic E-state index is -0.206. The Balaban J connectivity index is 1.27. The number of aromatic nitrogens is 2. The Kier molecular flexibility index (Phi) is 5.06. The van der Waals surface area contributed by atoms with Crippen LogP contribution >= 0.6 is 11.6 Å². The third kappa shape index (κ3) is 3.67. The van der Waals surface area contributed by atoms with Crippen molar-refractivity contribution in [1.82, 2.24) is 15.1 Å². The van der Waals surface area contributed by atoms with Crippen LogP contribution in [0.5, 0.6) is 0 Å². The van der Waals surface area contributed by atoms with Crippen LogP contribution in [0.1, 0.15) is 72.9 Å². The van der Waals surface area contributed by atoms with Gasteiger partial charge in [-0.3, -0.25) is 9.48 Å². The van der Waals surface area contributed by atoms with Gasteiger partial charge >= 0.3 is 0 Å². The fourth-order valence-corrected chi connectivity index (χ4v) is 6.12. The van der Waals surface area contributed by atoms with E-state index in [-0.39, 0.29) is 17.8 Å². The molecule has 0 unspecified atom stereocenters. The topological polar surface area (TPSA) is 46.9 Å². The van der Waals surface area contributed by atoms with Gasteiger partial charge in [0.1, 0.15) is 5.82 Å². The number of benzene rings is 2. The van der Waals surface area contributed by atoms with Gasteiger partial charge in [0.05, 0.1) is 28.8 Å². The molecule has 33 heavy (non-hydrogen) atoms. The van der Waals surface area contributed by atoms with Gasteiger partial charge in [0.15, 0.2) is 0 Å². The van der Waals surface area contributed by atoms with Gasteiger partial charge in [0, 0.05) is 17.0 Å². The standard InChI is InChI=1S/C27H27ClFN3O/c28-23-9-8-21(26(33)31-19-13-27(14-19)10-3-11-27)25-22(23)15-30-32(25)16-17-6-7-20(24(29)12-17)18-4-1-2-5-18/h4,6-9,12,15,19H,1-3,5,10-11,13-14,16H2,(H,31,33). The second-order valence-corrected chi connectivity index (χ2v) is 10.4. The maximum atomic E-state index is 14.8. The van der Waals surface area contributed by atoms with Crippen LogP contribution in [0.2, 0.25) is 5.02 Å². The molecule has 2 saturated carbocycles. The average Bonchev–Trinajstić information content (AvgIpc) is 3.40. The van der Waals surface area contributed by atoms with Crippen molar-refractivity contribution in [1.29, 1.82) is 0 Å². The summed E-state index contributed by atoms with van der Waals surface area (Å²) in [6.45, 7) is 0.368. The highest BCUT2D eigenvalue weighted by atomic mass is 35.5. The molecule has 2 fully saturated rings. The Labute approximate surface area is 197 Å². The molecule has 1 amide bonds. The summed E-state index contributed by atoms with van der Waals surface area (Å²) in [6, 6.07) is 9.16. The van der Waals surface area contributed by atoms with Crippen molar-refractivity contribution < 1.29 is 9.18 Å². The van der Waals surface area contributed by atoms with Crippen LogP contribution in [0.25, 0.3) is 16.5 Å². The Morgan fingerprint density at radius 3 is 2.76 bits per heavy atom. The molecule has 0 atom stereocenters. The third-order valence-corrected chi connectivity index (χ3v) is 8.18. The van der Waals surface area contributed by atoms with Gasteiger partial charge in [-0.1, -0.05) is 36.2 Å². The lowest BCUT2D eigenvalue weighted by molar-refractivity contribution is -0.000604. The number of rotatable bonds is 5. The van der Waals surface area contributed by atoms with E-state index in [1.165, 1.54) is 19.3 Å². The van der Waals surface area contributed by atoms with Crippen molar-refractivity contribution >= 4 is 34.0 Å². The first-order chi connectivity index (χ1) is 16.0. The Morgan fingerprint density at radius 1 is 1.21 bits per heavy atom. The highest BCUT2D eigenvalue weighted by molar-refractivity contribution is 6.36. The molecule has 1 heterocycles. The Bertz CT molecular complexity index is 1280. The zero-order valence-corrected chi connectivity index (χ0v) is 19.3. The number of hydrogen-bond donors (Lipinski definition) is 1. The maximum absolute atomic E-state index is 14.8. The molecule has 0 bridgehead atoms. The lowest BCUT2D eigenvalue weighted by atomic mass is 9.54. The van der Waals surface area contributed by atoms with E-state index in [0.29, 0.717) is 33.6 Å². The van der Waals surface area contributed by atoms with Crippen LogP contribution in [0.4, 0.5) is 4.39 Å². The van der Waals surface area contributed by atoms with Crippen LogP contribution in [-0.4, -0.2) is 21.7 Å². The fraction of sp³-hybridized carbons (Fsp3) is 0.407. The quantitative estimate of drug-likeness (QED) is 0.469. The van der Waals surface area contributed by atoms with Gasteiger partial charge in [-0.15, -0.1) is 0 Å². The molecule has 1 N–H and O–H groups in total. The highest BCUT2D eigenvalue weighted by Gasteiger charge is 2.48. The summed E-state index contributed by atoms with van der Waals surface area (Å²) in [5, 5.41) is 9.00. The number of carbonyl (C=O) groups is 1. The third-order valence-electron chi connectivity index (χ3n) is 7.85. The second-order valence-electron chi connectivity index (χ2n) is 10.0. The number of amides is 1. The molecule has 1 aromatic heterocycles. The van der Waals surface area contributed by atoms with Crippen molar-refractivity contribution in [2.45, 2.75) is 64.0 Å². The molecule has 3 aliphatic carbocycles. The SMILES string of the molecule is O=C(NC1CC2(CCC2)C1)c1ccc(Cl)c2cnn(Cc3ccc(C4=CCCC4)c(F)c3)c12. The van der Waals surface area contributed by atoms with Crippen LogP contribution in [0, 0.1) is 11.2 Å². The number of halogens is 2. The summed E-state index contributed by atoms with van der Waals surface area (Å²) in [5.41, 5.74) is 4.34. The van der Waals surface area contributed by atoms with E-state index < -0.39 is 0 Å². The molecular formula is C27H27ClFN3O. The minimum Gasteiger partial charge on any atom is -0.349 e. The molecular weight excluding hydrogens is 437 g/mol. The van der Waals surface area contributed by atoms with Gasteiger partial charge in [-0.2, -0.15) is 5.10 Å². The van der Waals surface area contributed by atoms with Crippen molar-refractivity contribution in [2.24, 2.45) is 5.41 Å². The van der Waals surface area contributed by atoms with Gasteiger partial charge in [0.2, 0.25) is 0 Å². The van der Waals surface area contributed by atoms with Crippen molar-refractivity contribution in [2.75, 3.05) is 0 Å². The number of carbonyl (C=O) groups excluding carboxylic acids is 1. The summed E-state index contributed by atoms with van der Waals surface area (Å²) in [4.78, 5) is 13.2. The summed E-state index contributed by atoms with van der Waals surface area (Å²) < 4.78 is 16.6. The van der Waals surface area contributed by atoms with E-state index >= 15 is 0 Å². The van der Waals surface area contributed by atoms with Crippen LogP contribution in [0.3, 0.4) is 0 Å². The van der Waals surface area contributed by atoms with Gasteiger partial charge in [-0.25, -0.2) is 4.39 Å². The van der Waals surface area contributed by atoms with E-state index in [9.17, 15) is 9.18 Å². The highest BCUT2D eigenvalue weighted by Crippen LogP contribution is 2.55. The molecule has 2 aromatic carbocycles. The Morgan fingerprint density at radius 2 is 2.06 bits per heavy atom. The second kappa shape index (κ2) is 7.98. The molecule has 0 radical (unpaired) electrons. The molecule has 0 aliphatic heterocycles. The predicted molar refractivity (Wildman–Crippen MR) is 129 cm³/mol. The van der Waals surface area contributed by atoms with Crippen LogP contribution < -0.4 is 5.32 Å². The molecule has 1 spiro atoms. The summed E-state index contributed by atoms with van der Waals surface area (Å²) in [5.74, 6) is -0.296. The van der Waals surface area contributed by atoms with Crippen LogP contribution in [-0.2, 0) is 6.54 Å². The Hall–Kier alpha value is -2.66. The van der Waals surface area contributed by atoms with E-state index in [1.807, 2.05) is 12.1 Å². The molecule has 0 saturated heterocycles. The van der Waals surface area contributed by atoms with E-state index in [1.54, 1.807) is 29.1 Å². The summed E-state index contributed by atoms with van der Waals surface area (Å²) >= 11 is 6.43. The fourth-order valence-electron chi connectivity index (χ4n) is 5.91. The summed E-state index contributed by atoms with van der Waals surface area (Å²) in [6.07, 6.45) is 12.9. The molecule has 3 aromatic rings. The normalized spacial score (nSPS) is 19.4. The smallest absolute Gasteiger partial charge is 0.253 e.